The Balaban J connectivity index is 1.49. The second-order valence-electron chi connectivity index (χ2n) is 6.98. The van der Waals surface area contributed by atoms with Gasteiger partial charge in [0, 0.05) is 11.3 Å². The zero-order valence-electron chi connectivity index (χ0n) is 16.7. The third-order valence-corrected chi connectivity index (χ3v) is 4.72. The second-order valence-corrected chi connectivity index (χ2v) is 6.98. The van der Waals surface area contributed by atoms with Gasteiger partial charge in [0.25, 0.3) is 5.91 Å². The summed E-state index contributed by atoms with van der Waals surface area (Å²) in [6, 6.07) is 18.3. The molecule has 1 N–H and O–H groups in total. The SMILES string of the molecule is CC[C@H](C)Oc1ccc(C(=O)Nc2ccc3nn(-c4ccc(F)cc4)nc3c2)cc1. The van der Waals surface area contributed by atoms with Crippen molar-refractivity contribution in [2.75, 3.05) is 5.32 Å². The maximum Gasteiger partial charge on any atom is 0.255 e. The number of nitrogens with zero attached hydrogens (tertiary/aromatic N) is 3. The Hall–Kier alpha value is -3.74. The van der Waals surface area contributed by atoms with Crippen molar-refractivity contribution in [1.29, 1.82) is 0 Å². The van der Waals surface area contributed by atoms with Gasteiger partial charge in [0.2, 0.25) is 0 Å². The average Bonchev–Trinajstić information content (AvgIpc) is 3.18. The Morgan fingerprint density at radius 1 is 1.03 bits per heavy atom. The van der Waals surface area contributed by atoms with Gasteiger partial charge in [-0.15, -0.1) is 10.2 Å². The second kappa shape index (κ2) is 8.32. The number of rotatable bonds is 6. The normalized spacial score (nSPS) is 12.0. The molecule has 4 aromatic rings. The largest absolute Gasteiger partial charge is 0.491 e. The van der Waals surface area contributed by atoms with Crippen LogP contribution in [0.4, 0.5) is 10.1 Å². The molecule has 1 heterocycles. The summed E-state index contributed by atoms with van der Waals surface area (Å²) in [4.78, 5) is 14.0. The minimum atomic E-state index is -0.320. The zero-order valence-corrected chi connectivity index (χ0v) is 16.7. The van der Waals surface area contributed by atoms with Crippen molar-refractivity contribution in [1.82, 2.24) is 15.0 Å². The molecule has 0 unspecified atom stereocenters. The van der Waals surface area contributed by atoms with Crippen LogP contribution in [0.25, 0.3) is 16.7 Å². The predicted octanol–water partition coefficient (Wildman–Crippen LogP) is 4.99. The van der Waals surface area contributed by atoms with Crippen molar-refractivity contribution in [3.8, 4) is 11.4 Å². The molecule has 0 saturated carbocycles. The molecular weight excluding hydrogens is 383 g/mol. The number of amides is 1. The van der Waals surface area contributed by atoms with E-state index in [9.17, 15) is 9.18 Å². The number of carbonyl (C=O) groups excluding carboxylic acids is 1. The molecule has 3 aromatic carbocycles. The first-order valence-electron chi connectivity index (χ1n) is 9.73. The highest BCUT2D eigenvalue weighted by molar-refractivity contribution is 6.05. The molecular formula is C23H21FN4O2. The van der Waals surface area contributed by atoms with Crippen LogP contribution in [-0.2, 0) is 0 Å². The first-order valence-corrected chi connectivity index (χ1v) is 9.73. The number of carbonyl (C=O) groups is 1. The van der Waals surface area contributed by atoms with Crippen LogP contribution in [-0.4, -0.2) is 27.0 Å². The van der Waals surface area contributed by atoms with Crippen LogP contribution < -0.4 is 10.1 Å². The molecule has 1 atom stereocenters. The summed E-state index contributed by atoms with van der Waals surface area (Å²) in [6.07, 6.45) is 1.04. The third kappa shape index (κ3) is 4.30. The van der Waals surface area contributed by atoms with Gasteiger partial charge in [-0.1, -0.05) is 6.92 Å². The van der Waals surface area contributed by atoms with Crippen LogP contribution in [0.1, 0.15) is 30.6 Å². The third-order valence-electron chi connectivity index (χ3n) is 4.72. The van der Waals surface area contributed by atoms with E-state index in [4.69, 9.17) is 4.74 Å². The lowest BCUT2D eigenvalue weighted by atomic mass is 10.2. The van der Waals surface area contributed by atoms with Gasteiger partial charge in [-0.2, -0.15) is 4.80 Å². The maximum absolute atomic E-state index is 13.1. The number of benzene rings is 3. The first-order chi connectivity index (χ1) is 14.5. The molecule has 0 bridgehead atoms. The number of aromatic nitrogens is 3. The van der Waals surface area contributed by atoms with Crippen LogP contribution >= 0.6 is 0 Å². The van der Waals surface area contributed by atoms with Crippen LogP contribution in [0.3, 0.4) is 0 Å². The van der Waals surface area contributed by atoms with Gasteiger partial charge in [0.15, 0.2) is 0 Å². The molecule has 0 aliphatic rings. The number of fused-ring (bicyclic) bond motifs is 1. The molecule has 6 nitrogen and oxygen atoms in total. The smallest absolute Gasteiger partial charge is 0.255 e. The summed E-state index contributed by atoms with van der Waals surface area (Å²) in [6.45, 7) is 4.06. The van der Waals surface area contributed by atoms with Gasteiger partial charge in [0.1, 0.15) is 22.6 Å². The van der Waals surface area contributed by atoms with E-state index in [1.165, 1.54) is 16.9 Å². The lowest BCUT2D eigenvalue weighted by Crippen LogP contribution is -2.12. The summed E-state index contributed by atoms with van der Waals surface area (Å²) in [5.41, 5.74) is 3.08. The van der Waals surface area contributed by atoms with Crippen LogP contribution in [0.2, 0.25) is 0 Å². The molecule has 0 radical (unpaired) electrons. The standard InChI is InChI=1S/C23H21FN4O2/c1-3-15(2)30-20-11-4-16(5-12-20)23(29)25-18-8-13-21-22(14-18)27-28(26-21)19-9-6-17(24)7-10-19/h4-15H,3H2,1-2H3,(H,25,29)/t15-/m0/s1. The highest BCUT2D eigenvalue weighted by atomic mass is 19.1. The van der Waals surface area contributed by atoms with E-state index in [1.54, 1.807) is 54.6 Å². The van der Waals surface area contributed by atoms with Gasteiger partial charge in [-0.3, -0.25) is 4.79 Å². The molecule has 7 heteroatoms. The summed E-state index contributed by atoms with van der Waals surface area (Å²) < 4.78 is 18.9. The highest BCUT2D eigenvalue weighted by Crippen LogP contribution is 2.20. The van der Waals surface area contributed by atoms with Gasteiger partial charge in [-0.25, -0.2) is 4.39 Å². The summed E-state index contributed by atoms with van der Waals surface area (Å²) >= 11 is 0. The molecule has 0 aliphatic carbocycles. The van der Waals surface area contributed by atoms with Crippen molar-refractivity contribution in [2.24, 2.45) is 0 Å². The van der Waals surface area contributed by atoms with Crippen molar-refractivity contribution in [3.05, 3.63) is 78.1 Å². The molecule has 0 fully saturated rings. The van der Waals surface area contributed by atoms with E-state index < -0.39 is 0 Å². The number of ether oxygens (including phenoxy) is 1. The molecule has 1 amide bonds. The van der Waals surface area contributed by atoms with E-state index in [1.807, 2.05) is 6.92 Å². The fraction of sp³-hybridized carbons (Fsp3) is 0.174. The van der Waals surface area contributed by atoms with Crippen LogP contribution in [0, 0.1) is 5.82 Å². The van der Waals surface area contributed by atoms with Gasteiger partial charge in [-0.05, 0) is 80.1 Å². The molecule has 0 spiro atoms. The molecule has 0 saturated heterocycles. The maximum atomic E-state index is 13.1. The highest BCUT2D eigenvalue weighted by Gasteiger charge is 2.10. The molecule has 30 heavy (non-hydrogen) atoms. The van der Waals surface area contributed by atoms with Crippen molar-refractivity contribution in [2.45, 2.75) is 26.4 Å². The summed E-state index contributed by atoms with van der Waals surface area (Å²) in [7, 11) is 0. The van der Waals surface area contributed by atoms with Crippen LogP contribution in [0.15, 0.2) is 66.7 Å². The van der Waals surface area contributed by atoms with E-state index >= 15 is 0 Å². The minimum absolute atomic E-state index is 0.125. The molecule has 1 aromatic heterocycles. The quantitative estimate of drug-likeness (QED) is 0.492. The number of hydrogen-bond donors (Lipinski definition) is 1. The minimum Gasteiger partial charge on any atom is -0.491 e. The Morgan fingerprint density at radius 2 is 1.73 bits per heavy atom. The number of nitrogens with one attached hydrogen (secondary N) is 1. The average molecular weight is 404 g/mol. The fourth-order valence-corrected chi connectivity index (χ4v) is 2.89. The number of halogens is 1. The Bertz CT molecular complexity index is 1170. The molecule has 152 valence electrons. The van der Waals surface area contributed by atoms with Crippen molar-refractivity contribution >= 4 is 22.6 Å². The van der Waals surface area contributed by atoms with E-state index in [0.29, 0.717) is 28.0 Å². The van der Waals surface area contributed by atoms with E-state index in [2.05, 4.69) is 22.4 Å². The monoisotopic (exact) mass is 404 g/mol. The number of anilines is 1. The summed E-state index contributed by atoms with van der Waals surface area (Å²) in [5.74, 6) is 0.190. The van der Waals surface area contributed by atoms with Crippen molar-refractivity contribution < 1.29 is 13.9 Å². The Kier molecular flexibility index (Phi) is 5.43. The summed E-state index contributed by atoms with van der Waals surface area (Å²) in [5, 5.41) is 11.7. The van der Waals surface area contributed by atoms with Crippen molar-refractivity contribution in [3.63, 3.8) is 0 Å². The lowest BCUT2D eigenvalue weighted by Gasteiger charge is -2.12. The predicted molar refractivity (Wildman–Crippen MR) is 114 cm³/mol. The van der Waals surface area contributed by atoms with E-state index in [-0.39, 0.29) is 17.8 Å². The lowest BCUT2D eigenvalue weighted by molar-refractivity contribution is 0.102. The number of hydrogen-bond acceptors (Lipinski definition) is 4. The Morgan fingerprint density at radius 3 is 2.43 bits per heavy atom. The van der Waals surface area contributed by atoms with Gasteiger partial charge >= 0.3 is 0 Å². The van der Waals surface area contributed by atoms with Gasteiger partial charge < -0.3 is 10.1 Å². The topological polar surface area (TPSA) is 69.0 Å². The molecule has 0 aliphatic heterocycles. The van der Waals surface area contributed by atoms with Crippen LogP contribution in [0.5, 0.6) is 5.75 Å². The zero-order chi connectivity index (χ0) is 21.1. The first kappa shape index (κ1) is 19.6. The fourth-order valence-electron chi connectivity index (χ4n) is 2.89. The van der Waals surface area contributed by atoms with Gasteiger partial charge in [0.05, 0.1) is 11.8 Å². The van der Waals surface area contributed by atoms with E-state index in [0.717, 1.165) is 12.2 Å². The molecule has 4 rings (SSSR count). The Labute approximate surface area is 173 Å².